The molecule has 1 aliphatic heterocycles. The quantitative estimate of drug-likeness (QED) is 0.545. The summed E-state index contributed by atoms with van der Waals surface area (Å²) in [5.41, 5.74) is 1.50. The van der Waals surface area contributed by atoms with Crippen molar-refractivity contribution < 1.29 is 4.79 Å². The number of aromatic nitrogens is 4. The molecule has 158 valence electrons. The van der Waals surface area contributed by atoms with Crippen molar-refractivity contribution in [3.05, 3.63) is 40.8 Å². The SMILES string of the molecule is CC[C@@H](Nc1cc(Cl)cc(Cl)c1)C(=O)C[C@@H]1CCCN(c2ncnc3[nH]ncc23)C1. The third-order valence-corrected chi connectivity index (χ3v) is 5.97. The third kappa shape index (κ3) is 4.68. The van der Waals surface area contributed by atoms with Gasteiger partial charge < -0.3 is 10.2 Å². The molecule has 1 aliphatic rings. The summed E-state index contributed by atoms with van der Waals surface area (Å²) in [6, 6.07) is 4.99. The minimum atomic E-state index is -0.269. The van der Waals surface area contributed by atoms with Crippen LogP contribution in [0.5, 0.6) is 0 Å². The third-order valence-electron chi connectivity index (χ3n) is 5.54. The lowest BCUT2D eigenvalue weighted by Gasteiger charge is -2.34. The van der Waals surface area contributed by atoms with E-state index in [2.05, 4.69) is 30.4 Å². The van der Waals surface area contributed by atoms with Crippen LogP contribution in [0.3, 0.4) is 0 Å². The Morgan fingerprint density at radius 1 is 1.30 bits per heavy atom. The van der Waals surface area contributed by atoms with Crippen molar-refractivity contribution in [1.82, 2.24) is 20.2 Å². The van der Waals surface area contributed by atoms with Gasteiger partial charge in [0.2, 0.25) is 0 Å². The van der Waals surface area contributed by atoms with Crippen LogP contribution in [-0.2, 0) is 4.79 Å². The van der Waals surface area contributed by atoms with Gasteiger partial charge in [-0.15, -0.1) is 0 Å². The second-order valence-corrected chi connectivity index (χ2v) is 8.59. The number of aromatic amines is 1. The topological polar surface area (TPSA) is 86.8 Å². The molecule has 1 fully saturated rings. The smallest absolute Gasteiger partial charge is 0.160 e. The summed E-state index contributed by atoms with van der Waals surface area (Å²) in [6.45, 7) is 3.71. The van der Waals surface area contributed by atoms with E-state index in [-0.39, 0.29) is 17.7 Å². The Hall–Kier alpha value is -2.38. The minimum Gasteiger partial charge on any atom is -0.375 e. The number of hydrogen-bond acceptors (Lipinski definition) is 6. The predicted molar refractivity (Wildman–Crippen MR) is 120 cm³/mol. The molecular formula is C21H24Cl2N6O. The molecule has 2 atom stereocenters. The van der Waals surface area contributed by atoms with Crippen molar-refractivity contribution in [3.8, 4) is 0 Å². The molecule has 2 N–H and O–H groups in total. The zero-order valence-corrected chi connectivity index (χ0v) is 18.2. The van der Waals surface area contributed by atoms with E-state index < -0.39 is 0 Å². The lowest BCUT2D eigenvalue weighted by atomic mass is 9.90. The lowest BCUT2D eigenvalue weighted by Crippen LogP contribution is -2.39. The number of carbonyl (C=O) groups excluding carboxylic acids is 1. The van der Waals surface area contributed by atoms with Crippen LogP contribution in [0.2, 0.25) is 10.0 Å². The first-order chi connectivity index (χ1) is 14.5. The van der Waals surface area contributed by atoms with Gasteiger partial charge in [0.25, 0.3) is 0 Å². The largest absolute Gasteiger partial charge is 0.375 e. The van der Waals surface area contributed by atoms with Gasteiger partial charge in [0.15, 0.2) is 11.4 Å². The molecule has 0 aliphatic carbocycles. The van der Waals surface area contributed by atoms with Crippen LogP contribution in [-0.4, -0.2) is 45.1 Å². The zero-order chi connectivity index (χ0) is 21.1. The van der Waals surface area contributed by atoms with Gasteiger partial charge in [-0.2, -0.15) is 5.10 Å². The number of anilines is 2. The van der Waals surface area contributed by atoms with Gasteiger partial charge in [0.05, 0.1) is 17.6 Å². The summed E-state index contributed by atoms with van der Waals surface area (Å²) in [5, 5.41) is 12.3. The molecular weight excluding hydrogens is 423 g/mol. The standard InChI is InChI=1S/C21H24Cl2N6O/c1-2-18(27-16-8-14(22)7-15(23)9-16)19(30)6-13-4-3-5-29(11-13)21-17-10-26-28-20(17)24-12-25-21/h7-10,12-13,18,27H,2-6,11H2,1H3,(H,24,25,26,28)/t13-,18+/m0/s1. The number of carbonyl (C=O) groups is 1. The van der Waals surface area contributed by atoms with Crippen molar-refractivity contribution in [3.63, 3.8) is 0 Å². The molecule has 7 nitrogen and oxygen atoms in total. The number of halogens is 2. The number of hydrogen-bond donors (Lipinski definition) is 2. The number of fused-ring (bicyclic) bond motifs is 1. The van der Waals surface area contributed by atoms with E-state index in [4.69, 9.17) is 23.2 Å². The first-order valence-corrected chi connectivity index (χ1v) is 10.9. The second-order valence-electron chi connectivity index (χ2n) is 7.72. The molecule has 1 aromatic carbocycles. The second kappa shape index (κ2) is 9.18. The Bertz CT molecular complexity index is 1020. The van der Waals surface area contributed by atoms with Crippen LogP contribution in [0, 0.1) is 5.92 Å². The van der Waals surface area contributed by atoms with Crippen LogP contribution in [0.25, 0.3) is 11.0 Å². The first-order valence-electron chi connectivity index (χ1n) is 10.2. The van der Waals surface area contributed by atoms with Crippen molar-refractivity contribution in [2.75, 3.05) is 23.3 Å². The van der Waals surface area contributed by atoms with Gasteiger partial charge in [-0.05, 0) is 43.4 Å². The predicted octanol–water partition coefficient (Wildman–Crippen LogP) is 4.73. The summed E-state index contributed by atoms with van der Waals surface area (Å²) >= 11 is 12.2. The van der Waals surface area contributed by atoms with E-state index in [0.717, 1.165) is 48.5 Å². The van der Waals surface area contributed by atoms with E-state index in [9.17, 15) is 4.79 Å². The maximum absolute atomic E-state index is 13.0. The molecule has 30 heavy (non-hydrogen) atoms. The van der Waals surface area contributed by atoms with Gasteiger partial charge in [-0.25, -0.2) is 9.97 Å². The van der Waals surface area contributed by atoms with E-state index >= 15 is 0 Å². The molecule has 4 rings (SSSR count). The zero-order valence-electron chi connectivity index (χ0n) is 16.7. The van der Waals surface area contributed by atoms with Gasteiger partial charge in [0, 0.05) is 35.2 Å². The maximum atomic E-state index is 13.0. The summed E-state index contributed by atoms with van der Waals surface area (Å²) < 4.78 is 0. The number of rotatable bonds is 7. The summed E-state index contributed by atoms with van der Waals surface area (Å²) in [5.74, 6) is 1.36. The van der Waals surface area contributed by atoms with Crippen molar-refractivity contribution in [2.24, 2.45) is 5.92 Å². The molecule has 0 spiro atoms. The van der Waals surface area contributed by atoms with E-state index in [1.807, 2.05) is 6.92 Å². The highest BCUT2D eigenvalue weighted by atomic mass is 35.5. The highest BCUT2D eigenvalue weighted by Gasteiger charge is 2.27. The highest BCUT2D eigenvalue weighted by Crippen LogP contribution is 2.29. The normalized spacial score (nSPS) is 17.8. The van der Waals surface area contributed by atoms with Gasteiger partial charge in [-0.3, -0.25) is 9.89 Å². The number of ketones is 1. The minimum absolute atomic E-state index is 0.205. The molecule has 0 unspecified atom stereocenters. The molecule has 1 saturated heterocycles. The van der Waals surface area contributed by atoms with Crippen molar-refractivity contribution in [2.45, 2.75) is 38.6 Å². The number of H-pyrrole nitrogens is 1. The first kappa shape index (κ1) is 20.9. The van der Waals surface area contributed by atoms with Gasteiger partial charge >= 0.3 is 0 Å². The molecule has 3 heterocycles. The molecule has 9 heteroatoms. The van der Waals surface area contributed by atoms with Crippen LogP contribution >= 0.6 is 23.2 Å². The van der Waals surface area contributed by atoms with Crippen LogP contribution in [0.15, 0.2) is 30.7 Å². The molecule has 0 radical (unpaired) electrons. The maximum Gasteiger partial charge on any atom is 0.160 e. The number of Topliss-reactive ketones (excluding diaryl/α,β-unsaturated/α-hetero) is 1. The monoisotopic (exact) mass is 446 g/mol. The fraction of sp³-hybridized carbons (Fsp3) is 0.429. The number of nitrogens with zero attached hydrogens (tertiary/aromatic N) is 4. The van der Waals surface area contributed by atoms with Gasteiger partial charge in [0.1, 0.15) is 12.1 Å². The average Bonchev–Trinajstić information content (AvgIpc) is 3.20. The summed E-state index contributed by atoms with van der Waals surface area (Å²) in [7, 11) is 0. The van der Waals surface area contributed by atoms with E-state index in [1.54, 1.807) is 30.7 Å². The Balaban J connectivity index is 1.42. The highest BCUT2D eigenvalue weighted by molar-refractivity contribution is 6.35. The Labute approximate surface area is 185 Å². The van der Waals surface area contributed by atoms with Crippen LogP contribution in [0.1, 0.15) is 32.6 Å². The Morgan fingerprint density at radius 3 is 2.87 bits per heavy atom. The van der Waals surface area contributed by atoms with Crippen molar-refractivity contribution in [1.29, 1.82) is 0 Å². The molecule has 2 aromatic heterocycles. The number of nitrogens with one attached hydrogen (secondary N) is 2. The Kier molecular flexibility index (Phi) is 6.39. The molecule has 3 aromatic rings. The van der Waals surface area contributed by atoms with Crippen LogP contribution in [0.4, 0.5) is 11.5 Å². The van der Waals surface area contributed by atoms with E-state index in [0.29, 0.717) is 22.9 Å². The molecule has 0 saturated carbocycles. The molecule has 0 bridgehead atoms. The van der Waals surface area contributed by atoms with Crippen LogP contribution < -0.4 is 10.2 Å². The van der Waals surface area contributed by atoms with Gasteiger partial charge in [-0.1, -0.05) is 30.1 Å². The Morgan fingerprint density at radius 2 is 2.10 bits per heavy atom. The van der Waals surface area contributed by atoms with Crippen molar-refractivity contribution >= 4 is 51.5 Å². The average molecular weight is 447 g/mol. The number of piperidine rings is 1. The van der Waals surface area contributed by atoms with E-state index in [1.165, 1.54) is 0 Å². The summed E-state index contributed by atoms with van der Waals surface area (Å²) in [4.78, 5) is 24.0. The lowest BCUT2D eigenvalue weighted by molar-refractivity contribution is -0.120. The summed E-state index contributed by atoms with van der Waals surface area (Å²) in [6.07, 6.45) is 6.58. The fourth-order valence-electron chi connectivity index (χ4n) is 4.10. The number of benzene rings is 1. The molecule has 0 amide bonds. The fourth-order valence-corrected chi connectivity index (χ4v) is 4.63.